The summed E-state index contributed by atoms with van der Waals surface area (Å²) in [6, 6.07) is 15.5. The average Bonchev–Trinajstić information content (AvgIpc) is 2.35. The minimum atomic E-state index is 0.640. The van der Waals surface area contributed by atoms with Crippen molar-refractivity contribution in [3.8, 4) is 0 Å². The molecule has 2 N–H and O–H groups in total. The minimum Gasteiger partial charge on any atom is -0.383 e. The Morgan fingerprint density at radius 1 is 0.722 bits per heavy atom. The molecule has 0 amide bonds. The van der Waals surface area contributed by atoms with E-state index < -0.39 is 0 Å². The molecule has 2 nitrogen and oxygen atoms in total. The maximum absolute atomic E-state index is 5.92. The molecular weight excluding hydrogens is 267 g/mol. The topological polar surface area (TPSA) is 24.1 Å². The molecule has 0 fully saturated rings. The van der Waals surface area contributed by atoms with Gasteiger partial charge in [-0.3, -0.25) is 0 Å². The molecule has 4 heteroatoms. The van der Waals surface area contributed by atoms with Crippen molar-refractivity contribution in [3.63, 3.8) is 0 Å². The lowest BCUT2D eigenvalue weighted by atomic mass is 10.3. The fraction of sp³-hybridized carbons (Fsp3) is 0.143. The highest BCUT2D eigenvalue weighted by Crippen LogP contribution is 2.22. The fourth-order valence-electron chi connectivity index (χ4n) is 1.63. The number of halogens is 2. The first-order chi connectivity index (χ1) is 8.74. The van der Waals surface area contributed by atoms with Gasteiger partial charge in [-0.25, -0.2) is 0 Å². The molecule has 0 saturated heterocycles. The Morgan fingerprint density at radius 2 is 1.28 bits per heavy atom. The van der Waals surface area contributed by atoms with Crippen LogP contribution >= 0.6 is 23.2 Å². The SMILES string of the molecule is Clc1cc(Cl)cc(NCCNc2ccccc2)c1. The maximum Gasteiger partial charge on any atom is 0.0441 e. The molecule has 0 aliphatic rings. The molecule has 0 radical (unpaired) electrons. The second-order valence-corrected chi connectivity index (χ2v) is 4.75. The van der Waals surface area contributed by atoms with Crippen molar-refractivity contribution in [2.75, 3.05) is 23.7 Å². The second-order valence-electron chi connectivity index (χ2n) is 3.88. The number of anilines is 2. The van der Waals surface area contributed by atoms with Crippen molar-refractivity contribution in [2.45, 2.75) is 0 Å². The lowest BCUT2D eigenvalue weighted by Crippen LogP contribution is -2.13. The molecule has 94 valence electrons. The first kappa shape index (κ1) is 13.1. The Bertz CT molecular complexity index is 480. The Hall–Kier alpha value is -1.38. The van der Waals surface area contributed by atoms with E-state index in [1.165, 1.54) is 0 Å². The quantitative estimate of drug-likeness (QED) is 0.787. The summed E-state index contributed by atoms with van der Waals surface area (Å²) in [5.74, 6) is 0. The average molecular weight is 281 g/mol. The molecule has 0 aliphatic heterocycles. The number of hydrogen-bond acceptors (Lipinski definition) is 2. The third-order valence-electron chi connectivity index (χ3n) is 2.42. The molecule has 0 saturated carbocycles. The van der Waals surface area contributed by atoms with Gasteiger partial charge in [-0.2, -0.15) is 0 Å². The zero-order chi connectivity index (χ0) is 12.8. The van der Waals surface area contributed by atoms with Crippen LogP contribution in [0.2, 0.25) is 10.0 Å². The zero-order valence-corrected chi connectivity index (χ0v) is 11.3. The minimum absolute atomic E-state index is 0.640. The van der Waals surface area contributed by atoms with Gasteiger partial charge in [-0.15, -0.1) is 0 Å². The van der Waals surface area contributed by atoms with Gasteiger partial charge in [0.25, 0.3) is 0 Å². The highest BCUT2D eigenvalue weighted by atomic mass is 35.5. The molecule has 2 rings (SSSR count). The summed E-state index contributed by atoms with van der Waals surface area (Å²) in [4.78, 5) is 0. The molecule has 0 heterocycles. The van der Waals surface area contributed by atoms with Crippen LogP contribution in [-0.4, -0.2) is 13.1 Å². The van der Waals surface area contributed by atoms with E-state index >= 15 is 0 Å². The summed E-state index contributed by atoms with van der Waals surface area (Å²) in [5, 5.41) is 7.86. The number of benzene rings is 2. The number of hydrogen-bond donors (Lipinski definition) is 2. The summed E-state index contributed by atoms with van der Waals surface area (Å²) >= 11 is 11.8. The number of nitrogens with one attached hydrogen (secondary N) is 2. The normalized spacial score (nSPS) is 10.1. The monoisotopic (exact) mass is 280 g/mol. The van der Waals surface area contributed by atoms with Gasteiger partial charge in [0, 0.05) is 34.5 Å². The Labute approximate surface area is 117 Å². The van der Waals surface area contributed by atoms with E-state index in [0.29, 0.717) is 10.0 Å². The first-order valence-electron chi connectivity index (χ1n) is 5.73. The lowest BCUT2D eigenvalue weighted by Gasteiger charge is -2.09. The number of rotatable bonds is 5. The standard InChI is InChI=1S/C14H14Cl2N2/c15-11-8-12(16)10-14(9-11)18-7-6-17-13-4-2-1-3-5-13/h1-5,8-10,17-18H,6-7H2. The van der Waals surface area contributed by atoms with Gasteiger partial charge in [0.1, 0.15) is 0 Å². The van der Waals surface area contributed by atoms with E-state index in [1.54, 1.807) is 6.07 Å². The van der Waals surface area contributed by atoms with Crippen LogP contribution in [0.25, 0.3) is 0 Å². The van der Waals surface area contributed by atoms with E-state index in [0.717, 1.165) is 24.5 Å². The van der Waals surface area contributed by atoms with Gasteiger partial charge < -0.3 is 10.6 Å². The maximum atomic E-state index is 5.92. The predicted molar refractivity (Wildman–Crippen MR) is 79.9 cm³/mol. The van der Waals surface area contributed by atoms with Crippen LogP contribution in [0.3, 0.4) is 0 Å². The van der Waals surface area contributed by atoms with E-state index in [1.807, 2.05) is 42.5 Å². The van der Waals surface area contributed by atoms with Gasteiger partial charge >= 0.3 is 0 Å². The van der Waals surface area contributed by atoms with Gasteiger partial charge in [0.2, 0.25) is 0 Å². The largest absolute Gasteiger partial charge is 0.383 e. The molecule has 0 unspecified atom stereocenters. The van der Waals surface area contributed by atoms with Crippen LogP contribution in [0.4, 0.5) is 11.4 Å². The lowest BCUT2D eigenvalue weighted by molar-refractivity contribution is 1.08. The Kier molecular flexibility index (Phi) is 4.73. The van der Waals surface area contributed by atoms with Gasteiger partial charge in [0.05, 0.1) is 0 Å². The van der Waals surface area contributed by atoms with Crippen LogP contribution in [0.5, 0.6) is 0 Å². The molecule has 0 aromatic heterocycles. The van der Waals surface area contributed by atoms with Crippen molar-refractivity contribution in [3.05, 3.63) is 58.6 Å². The molecule has 0 bridgehead atoms. The third-order valence-corrected chi connectivity index (χ3v) is 2.86. The van der Waals surface area contributed by atoms with Crippen LogP contribution in [0.15, 0.2) is 48.5 Å². The van der Waals surface area contributed by atoms with Crippen LogP contribution in [0.1, 0.15) is 0 Å². The molecule has 0 aliphatic carbocycles. The highest BCUT2D eigenvalue weighted by molar-refractivity contribution is 6.35. The van der Waals surface area contributed by atoms with E-state index in [4.69, 9.17) is 23.2 Å². The summed E-state index contributed by atoms with van der Waals surface area (Å²) in [5.41, 5.74) is 2.05. The van der Waals surface area contributed by atoms with E-state index in [9.17, 15) is 0 Å². The van der Waals surface area contributed by atoms with Crippen LogP contribution in [0, 0.1) is 0 Å². The highest BCUT2D eigenvalue weighted by Gasteiger charge is 1.97. The van der Waals surface area contributed by atoms with Crippen LogP contribution < -0.4 is 10.6 Å². The third kappa shape index (κ3) is 4.13. The van der Waals surface area contributed by atoms with Crippen LogP contribution in [-0.2, 0) is 0 Å². The van der Waals surface area contributed by atoms with Crippen molar-refractivity contribution in [2.24, 2.45) is 0 Å². The predicted octanol–water partition coefficient (Wildman–Crippen LogP) is 4.52. The van der Waals surface area contributed by atoms with Crippen molar-refractivity contribution in [1.29, 1.82) is 0 Å². The van der Waals surface area contributed by atoms with E-state index in [-0.39, 0.29) is 0 Å². The summed E-state index contributed by atoms with van der Waals surface area (Å²) in [7, 11) is 0. The van der Waals surface area contributed by atoms with Crippen molar-refractivity contribution in [1.82, 2.24) is 0 Å². The Balaban J connectivity index is 1.78. The van der Waals surface area contributed by atoms with Gasteiger partial charge in [0.15, 0.2) is 0 Å². The molecule has 0 spiro atoms. The Morgan fingerprint density at radius 3 is 1.89 bits per heavy atom. The van der Waals surface area contributed by atoms with E-state index in [2.05, 4.69) is 10.6 Å². The molecular formula is C14H14Cl2N2. The van der Waals surface area contributed by atoms with Crippen molar-refractivity contribution < 1.29 is 0 Å². The molecule has 2 aromatic rings. The zero-order valence-electron chi connectivity index (χ0n) is 9.79. The smallest absolute Gasteiger partial charge is 0.0441 e. The summed E-state index contributed by atoms with van der Waals surface area (Å²) < 4.78 is 0. The molecule has 0 atom stereocenters. The van der Waals surface area contributed by atoms with Gasteiger partial charge in [-0.05, 0) is 30.3 Å². The molecule has 2 aromatic carbocycles. The first-order valence-corrected chi connectivity index (χ1v) is 6.48. The second kappa shape index (κ2) is 6.53. The van der Waals surface area contributed by atoms with Gasteiger partial charge in [-0.1, -0.05) is 41.4 Å². The number of para-hydroxylation sites is 1. The van der Waals surface area contributed by atoms with Crippen molar-refractivity contribution >= 4 is 34.6 Å². The molecule has 18 heavy (non-hydrogen) atoms. The fourth-order valence-corrected chi connectivity index (χ4v) is 2.15. The summed E-state index contributed by atoms with van der Waals surface area (Å²) in [6.07, 6.45) is 0. The summed E-state index contributed by atoms with van der Waals surface area (Å²) in [6.45, 7) is 1.62.